The molecule has 3 rings (SSSR count). The molecular weight excluding hydrogens is 434 g/mol. The molecule has 0 bridgehead atoms. The second kappa shape index (κ2) is 8.06. The van der Waals surface area contributed by atoms with Crippen LogP contribution in [0.4, 0.5) is 0 Å². The van der Waals surface area contributed by atoms with Crippen LogP contribution >= 0.6 is 11.6 Å². The summed E-state index contributed by atoms with van der Waals surface area (Å²) in [5.74, 6) is -0.804. The van der Waals surface area contributed by atoms with Crippen molar-refractivity contribution in [1.29, 1.82) is 0 Å². The van der Waals surface area contributed by atoms with E-state index in [1.165, 1.54) is 67.0 Å². The topological polar surface area (TPSA) is 98.2 Å². The molecule has 0 N–H and O–H groups in total. The van der Waals surface area contributed by atoms with Gasteiger partial charge >= 0.3 is 0 Å². The summed E-state index contributed by atoms with van der Waals surface area (Å²) in [7, 11) is -7.27. The van der Waals surface area contributed by atoms with Crippen LogP contribution in [0.15, 0.2) is 76.8 Å². The third-order valence-electron chi connectivity index (χ3n) is 4.22. The van der Waals surface area contributed by atoms with Gasteiger partial charge in [0.25, 0.3) is 0 Å². The van der Waals surface area contributed by atoms with Crippen LogP contribution in [-0.4, -0.2) is 33.9 Å². The highest BCUT2D eigenvalue weighted by molar-refractivity contribution is 7.91. The Bertz CT molecular complexity index is 1270. The SMILES string of the molecule is CS(=O)(=O)c1ccc(S(=O)(=O)Cc2ccc(Cl)cc2C(=O)c2ccncc2)cc1. The van der Waals surface area contributed by atoms with Gasteiger partial charge in [-0.1, -0.05) is 17.7 Å². The summed E-state index contributed by atoms with van der Waals surface area (Å²) in [4.78, 5) is 16.7. The standard InChI is InChI=1S/C20H16ClNO5S2/c1-28(24,25)17-4-6-18(7-5-17)29(26,27)13-15-2-3-16(21)12-19(15)20(23)14-8-10-22-11-9-14/h2-12H,13H2,1H3. The zero-order chi connectivity index (χ0) is 21.2. The van der Waals surface area contributed by atoms with Crippen LogP contribution in [0.3, 0.4) is 0 Å². The van der Waals surface area contributed by atoms with Gasteiger partial charge in [-0.05, 0) is 54.1 Å². The molecule has 0 spiro atoms. The number of carbonyl (C=O) groups excluding carboxylic acids is 1. The van der Waals surface area contributed by atoms with Gasteiger partial charge < -0.3 is 0 Å². The second-order valence-corrected chi connectivity index (χ2v) is 10.8. The molecule has 0 aliphatic heterocycles. The molecule has 0 saturated heterocycles. The van der Waals surface area contributed by atoms with Crippen LogP contribution in [0.1, 0.15) is 21.5 Å². The maximum atomic E-state index is 12.9. The van der Waals surface area contributed by atoms with Gasteiger partial charge in [-0.3, -0.25) is 9.78 Å². The zero-order valence-corrected chi connectivity index (χ0v) is 17.6. The largest absolute Gasteiger partial charge is 0.289 e. The number of carbonyl (C=O) groups is 1. The van der Waals surface area contributed by atoms with Gasteiger partial charge in [0.2, 0.25) is 0 Å². The van der Waals surface area contributed by atoms with Crippen molar-refractivity contribution in [2.24, 2.45) is 0 Å². The zero-order valence-electron chi connectivity index (χ0n) is 15.2. The Morgan fingerprint density at radius 2 is 1.48 bits per heavy atom. The van der Waals surface area contributed by atoms with E-state index in [4.69, 9.17) is 11.6 Å². The van der Waals surface area contributed by atoms with E-state index < -0.39 is 25.4 Å². The first kappa shape index (κ1) is 21.2. The van der Waals surface area contributed by atoms with Crippen molar-refractivity contribution in [2.75, 3.05) is 6.26 Å². The Kier molecular flexibility index (Phi) is 5.88. The van der Waals surface area contributed by atoms with E-state index in [2.05, 4.69) is 4.98 Å². The fraction of sp³-hybridized carbons (Fsp3) is 0.100. The molecule has 0 amide bonds. The summed E-state index contributed by atoms with van der Waals surface area (Å²) in [5.41, 5.74) is 0.835. The van der Waals surface area contributed by atoms with Crippen LogP contribution < -0.4 is 0 Å². The number of nitrogens with zero attached hydrogens (tertiary/aromatic N) is 1. The average Bonchev–Trinajstić information content (AvgIpc) is 2.69. The lowest BCUT2D eigenvalue weighted by Gasteiger charge is -2.11. The van der Waals surface area contributed by atoms with Crippen LogP contribution in [0.25, 0.3) is 0 Å². The minimum atomic E-state index is -3.83. The lowest BCUT2D eigenvalue weighted by atomic mass is 10.00. The van der Waals surface area contributed by atoms with E-state index in [0.29, 0.717) is 16.1 Å². The van der Waals surface area contributed by atoms with Gasteiger partial charge in [0.05, 0.1) is 15.5 Å². The Labute approximate surface area is 174 Å². The van der Waals surface area contributed by atoms with Crippen LogP contribution in [-0.2, 0) is 25.4 Å². The molecule has 29 heavy (non-hydrogen) atoms. The van der Waals surface area contributed by atoms with Crippen molar-refractivity contribution in [1.82, 2.24) is 4.98 Å². The first-order chi connectivity index (χ1) is 13.6. The predicted molar refractivity (Wildman–Crippen MR) is 110 cm³/mol. The number of hydrogen-bond donors (Lipinski definition) is 0. The van der Waals surface area contributed by atoms with Crippen molar-refractivity contribution >= 4 is 37.1 Å². The summed E-state index contributed by atoms with van der Waals surface area (Å²) >= 11 is 6.03. The quantitative estimate of drug-likeness (QED) is 0.535. The molecule has 0 atom stereocenters. The number of ketones is 1. The maximum Gasteiger partial charge on any atom is 0.193 e. The van der Waals surface area contributed by atoms with E-state index >= 15 is 0 Å². The normalized spacial score (nSPS) is 11.9. The molecule has 0 unspecified atom stereocenters. The van der Waals surface area contributed by atoms with Gasteiger partial charge in [-0.15, -0.1) is 0 Å². The molecule has 1 heterocycles. The van der Waals surface area contributed by atoms with Gasteiger partial charge in [-0.2, -0.15) is 0 Å². The lowest BCUT2D eigenvalue weighted by Crippen LogP contribution is -2.11. The van der Waals surface area contributed by atoms with Crippen LogP contribution in [0, 0.1) is 0 Å². The molecule has 1 aromatic heterocycles. The third kappa shape index (κ3) is 4.90. The summed E-state index contributed by atoms with van der Waals surface area (Å²) < 4.78 is 48.8. The first-order valence-corrected chi connectivity index (χ1v) is 12.3. The smallest absolute Gasteiger partial charge is 0.193 e. The summed E-state index contributed by atoms with van der Waals surface area (Å²) in [6.45, 7) is 0. The molecule has 3 aromatic rings. The monoisotopic (exact) mass is 449 g/mol. The molecule has 0 aliphatic rings. The highest BCUT2D eigenvalue weighted by Crippen LogP contribution is 2.25. The molecule has 0 saturated carbocycles. The van der Waals surface area contributed by atoms with E-state index in [0.717, 1.165) is 6.26 Å². The molecule has 6 nitrogen and oxygen atoms in total. The average molecular weight is 450 g/mol. The van der Waals surface area contributed by atoms with E-state index in [1.54, 1.807) is 0 Å². The van der Waals surface area contributed by atoms with Gasteiger partial charge in [0.15, 0.2) is 25.5 Å². The Morgan fingerprint density at radius 3 is 2.07 bits per heavy atom. The first-order valence-electron chi connectivity index (χ1n) is 8.34. The molecule has 2 aromatic carbocycles. The fourth-order valence-electron chi connectivity index (χ4n) is 2.73. The van der Waals surface area contributed by atoms with Crippen LogP contribution in [0.5, 0.6) is 0 Å². The van der Waals surface area contributed by atoms with Crippen molar-refractivity contribution in [3.8, 4) is 0 Å². The highest BCUT2D eigenvalue weighted by atomic mass is 35.5. The highest BCUT2D eigenvalue weighted by Gasteiger charge is 2.22. The summed E-state index contributed by atoms with van der Waals surface area (Å²) in [6, 6.07) is 12.5. The summed E-state index contributed by atoms with van der Waals surface area (Å²) in [6.07, 6.45) is 3.98. The molecule has 0 radical (unpaired) electrons. The maximum absolute atomic E-state index is 12.9. The Hall–Kier alpha value is -2.55. The van der Waals surface area contributed by atoms with E-state index in [-0.39, 0.29) is 21.1 Å². The van der Waals surface area contributed by atoms with Gasteiger partial charge in [-0.25, -0.2) is 16.8 Å². The Balaban J connectivity index is 1.98. The number of pyridine rings is 1. The second-order valence-electron chi connectivity index (χ2n) is 6.37. The number of sulfone groups is 2. The minimum absolute atomic E-state index is 0.0245. The predicted octanol–water partition coefficient (Wildman–Crippen LogP) is 3.34. The number of rotatable bonds is 6. The molecule has 0 fully saturated rings. The van der Waals surface area contributed by atoms with Crippen LogP contribution in [0.2, 0.25) is 5.02 Å². The number of benzene rings is 2. The van der Waals surface area contributed by atoms with Gasteiger partial charge in [0, 0.05) is 34.8 Å². The number of aromatic nitrogens is 1. The van der Waals surface area contributed by atoms with E-state index in [1.807, 2.05) is 0 Å². The Morgan fingerprint density at radius 1 is 0.897 bits per heavy atom. The lowest BCUT2D eigenvalue weighted by molar-refractivity contribution is 0.103. The summed E-state index contributed by atoms with van der Waals surface area (Å²) in [5, 5.41) is 0.307. The molecule has 9 heteroatoms. The van der Waals surface area contributed by atoms with Crippen molar-refractivity contribution < 1.29 is 21.6 Å². The number of halogens is 1. The molecule has 0 aliphatic carbocycles. The van der Waals surface area contributed by atoms with Crippen molar-refractivity contribution in [3.05, 3.63) is 88.7 Å². The molecule has 150 valence electrons. The van der Waals surface area contributed by atoms with Crippen molar-refractivity contribution in [3.63, 3.8) is 0 Å². The van der Waals surface area contributed by atoms with Crippen molar-refractivity contribution in [2.45, 2.75) is 15.5 Å². The minimum Gasteiger partial charge on any atom is -0.289 e. The van der Waals surface area contributed by atoms with E-state index in [9.17, 15) is 21.6 Å². The number of hydrogen-bond acceptors (Lipinski definition) is 6. The fourth-order valence-corrected chi connectivity index (χ4v) is 4.91. The third-order valence-corrected chi connectivity index (χ3v) is 7.26. The molecular formula is C20H16ClNO5S2. The van der Waals surface area contributed by atoms with Gasteiger partial charge in [0.1, 0.15) is 0 Å².